The van der Waals surface area contributed by atoms with Gasteiger partial charge >= 0.3 is 0 Å². The minimum Gasteiger partial charge on any atom is -0.385 e. The molecule has 2 aromatic carbocycles. The van der Waals surface area contributed by atoms with Gasteiger partial charge in [0.2, 0.25) is 0 Å². The molecule has 1 unspecified atom stereocenters. The topological polar surface area (TPSA) is 50.4 Å². The Kier molecular flexibility index (Phi) is 5.89. The molecular formula is C19H20ClFN2O2. The molecule has 2 N–H and O–H groups in total. The molecule has 6 heteroatoms. The first-order valence-electron chi connectivity index (χ1n) is 8.34. The summed E-state index contributed by atoms with van der Waals surface area (Å²) < 4.78 is 18.8. The van der Waals surface area contributed by atoms with E-state index in [9.17, 15) is 9.18 Å². The van der Waals surface area contributed by atoms with E-state index in [1.165, 1.54) is 18.2 Å². The lowest BCUT2D eigenvalue weighted by atomic mass is 10.1. The predicted molar refractivity (Wildman–Crippen MR) is 97.9 cm³/mol. The summed E-state index contributed by atoms with van der Waals surface area (Å²) in [4.78, 5) is 12.3. The summed E-state index contributed by atoms with van der Waals surface area (Å²) >= 11 is 5.73. The Morgan fingerprint density at radius 2 is 2.12 bits per heavy atom. The summed E-state index contributed by atoms with van der Waals surface area (Å²) in [5.41, 5.74) is 1.85. The van der Waals surface area contributed by atoms with Crippen molar-refractivity contribution in [2.24, 2.45) is 0 Å². The van der Waals surface area contributed by atoms with Crippen molar-refractivity contribution in [3.05, 3.63) is 58.9 Å². The first kappa shape index (κ1) is 17.7. The molecule has 25 heavy (non-hydrogen) atoms. The monoisotopic (exact) mass is 362 g/mol. The number of hydrogen-bond acceptors (Lipinski definition) is 3. The second-order valence-corrected chi connectivity index (χ2v) is 6.42. The van der Waals surface area contributed by atoms with Crippen molar-refractivity contribution in [2.75, 3.05) is 23.8 Å². The molecule has 0 spiro atoms. The van der Waals surface area contributed by atoms with Gasteiger partial charge in [-0.2, -0.15) is 0 Å². The van der Waals surface area contributed by atoms with Crippen molar-refractivity contribution in [2.45, 2.75) is 25.4 Å². The van der Waals surface area contributed by atoms with E-state index in [4.69, 9.17) is 16.3 Å². The van der Waals surface area contributed by atoms with Crippen molar-refractivity contribution >= 4 is 28.9 Å². The first-order chi connectivity index (χ1) is 12.1. The highest BCUT2D eigenvalue weighted by molar-refractivity contribution is 6.31. The lowest BCUT2D eigenvalue weighted by Gasteiger charge is -2.12. The molecule has 1 aliphatic rings. The van der Waals surface area contributed by atoms with E-state index < -0.39 is 5.82 Å². The Balaban J connectivity index is 1.57. The molecule has 1 aliphatic heterocycles. The van der Waals surface area contributed by atoms with Gasteiger partial charge in [0.05, 0.1) is 11.1 Å². The van der Waals surface area contributed by atoms with Crippen LogP contribution in [0.25, 0.3) is 0 Å². The zero-order valence-electron chi connectivity index (χ0n) is 13.7. The Hall–Kier alpha value is -2.11. The number of carbonyl (C=O) groups excluding carboxylic acids is 1. The molecule has 3 rings (SSSR count). The second-order valence-electron chi connectivity index (χ2n) is 6.01. The summed E-state index contributed by atoms with van der Waals surface area (Å²) in [6, 6.07) is 11.3. The smallest absolute Gasteiger partial charge is 0.255 e. The summed E-state index contributed by atoms with van der Waals surface area (Å²) in [7, 11) is 0. The molecule has 0 radical (unpaired) electrons. The van der Waals surface area contributed by atoms with Gasteiger partial charge in [0, 0.05) is 30.1 Å². The van der Waals surface area contributed by atoms with Gasteiger partial charge in [-0.05, 0) is 55.7 Å². The van der Waals surface area contributed by atoms with Gasteiger partial charge in [-0.25, -0.2) is 4.39 Å². The number of hydrogen-bond donors (Lipinski definition) is 2. The fraction of sp³-hybridized carbons (Fsp3) is 0.316. The zero-order chi connectivity index (χ0) is 17.6. The van der Waals surface area contributed by atoms with Crippen LogP contribution in [0.4, 0.5) is 15.8 Å². The standard InChI is InChI=1S/C19H20ClFN2O2/c20-17-12-15(6-7-18(17)21)23-19(24)13-3-1-4-14(11-13)22-9-8-16-5-2-10-25-16/h1,3-4,6-7,11-12,16,22H,2,5,8-10H2,(H,23,24). The number of carbonyl (C=O) groups is 1. The van der Waals surface area contributed by atoms with E-state index >= 15 is 0 Å². The first-order valence-corrected chi connectivity index (χ1v) is 8.71. The van der Waals surface area contributed by atoms with Gasteiger partial charge in [-0.3, -0.25) is 4.79 Å². The van der Waals surface area contributed by atoms with Crippen LogP contribution in [0.1, 0.15) is 29.6 Å². The van der Waals surface area contributed by atoms with Crippen molar-refractivity contribution in [3.8, 4) is 0 Å². The Labute approximate surface area is 151 Å². The highest BCUT2D eigenvalue weighted by Gasteiger charge is 2.14. The van der Waals surface area contributed by atoms with Gasteiger partial charge in [-0.1, -0.05) is 17.7 Å². The number of benzene rings is 2. The zero-order valence-corrected chi connectivity index (χ0v) is 14.5. The largest absolute Gasteiger partial charge is 0.385 e. The molecule has 0 saturated carbocycles. The van der Waals surface area contributed by atoms with Gasteiger partial charge in [0.25, 0.3) is 5.91 Å². The fourth-order valence-electron chi connectivity index (χ4n) is 2.80. The van der Waals surface area contributed by atoms with Crippen molar-refractivity contribution in [3.63, 3.8) is 0 Å². The predicted octanol–water partition coefficient (Wildman–Crippen LogP) is 4.71. The van der Waals surface area contributed by atoms with Crippen molar-refractivity contribution in [1.29, 1.82) is 0 Å². The highest BCUT2D eigenvalue weighted by Crippen LogP contribution is 2.21. The summed E-state index contributed by atoms with van der Waals surface area (Å²) in [6.07, 6.45) is 3.53. The maximum absolute atomic E-state index is 13.2. The molecule has 0 aliphatic carbocycles. The van der Waals surface area contributed by atoms with E-state index in [1.54, 1.807) is 12.1 Å². The maximum Gasteiger partial charge on any atom is 0.255 e. The normalized spacial score (nSPS) is 16.6. The average molecular weight is 363 g/mol. The molecule has 1 atom stereocenters. The Bertz CT molecular complexity index is 748. The SMILES string of the molecule is O=C(Nc1ccc(F)c(Cl)c1)c1cccc(NCCC2CCCO2)c1. The van der Waals surface area contributed by atoms with E-state index in [-0.39, 0.29) is 10.9 Å². The van der Waals surface area contributed by atoms with Crippen molar-refractivity contribution in [1.82, 2.24) is 0 Å². The quantitative estimate of drug-likeness (QED) is 0.782. The Morgan fingerprint density at radius 1 is 1.24 bits per heavy atom. The van der Waals surface area contributed by atoms with Crippen LogP contribution < -0.4 is 10.6 Å². The van der Waals surface area contributed by atoms with Crippen LogP contribution >= 0.6 is 11.6 Å². The third-order valence-electron chi connectivity index (χ3n) is 4.12. The van der Waals surface area contributed by atoms with Gasteiger partial charge < -0.3 is 15.4 Å². The number of amides is 1. The lowest BCUT2D eigenvalue weighted by Crippen LogP contribution is -2.14. The molecule has 2 aromatic rings. The lowest BCUT2D eigenvalue weighted by molar-refractivity contribution is 0.102. The van der Waals surface area contributed by atoms with Crippen LogP contribution in [-0.2, 0) is 4.74 Å². The van der Waals surface area contributed by atoms with Crippen LogP contribution in [0.2, 0.25) is 5.02 Å². The second kappa shape index (κ2) is 8.32. The van der Waals surface area contributed by atoms with Crippen LogP contribution in [0.5, 0.6) is 0 Å². The summed E-state index contributed by atoms with van der Waals surface area (Å²) in [5.74, 6) is -0.789. The third-order valence-corrected chi connectivity index (χ3v) is 4.41. The van der Waals surface area contributed by atoms with Gasteiger partial charge in [0.15, 0.2) is 0 Å². The minimum absolute atomic E-state index is 0.0256. The van der Waals surface area contributed by atoms with E-state index in [0.717, 1.165) is 38.1 Å². The van der Waals surface area contributed by atoms with Crippen LogP contribution in [0.3, 0.4) is 0 Å². The molecule has 1 amide bonds. The number of rotatable bonds is 6. The average Bonchev–Trinajstić information content (AvgIpc) is 3.12. The fourth-order valence-corrected chi connectivity index (χ4v) is 2.98. The number of ether oxygens (including phenoxy) is 1. The number of anilines is 2. The maximum atomic E-state index is 13.2. The molecule has 4 nitrogen and oxygen atoms in total. The number of halogens is 2. The molecule has 0 bridgehead atoms. The van der Waals surface area contributed by atoms with Crippen LogP contribution in [-0.4, -0.2) is 25.2 Å². The molecule has 1 heterocycles. The van der Waals surface area contributed by atoms with E-state index in [0.29, 0.717) is 17.4 Å². The van der Waals surface area contributed by atoms with Crippen LogP contribution in [0.15, 0.2) is 42.5 Å². The minimum atomic E-state index is -0.517. The van der Waals surface area contributed by atoms with Crippen molar-refractivity contribution < 1.29 is 13.9 Å². The molecule has 1 fully saturated rings. The summed E-state index contributed by atoms with van der Waals surface area (Å²) in [5, 5.41) is 6.01. The molecular weight excluding hydrogens is 343 g/mol. The molecule has 132 valence electrons. The highest BCUT2D eigenvalue weighted by atomic mass is 35.5. The van der Waals surface area contributed by atoms with E-state index in [1.807, 2.05) is 12.1 Å². The van der Waals surface area contributed by atoms with Gasteiger partial charge in [-0.15, -0.1) is 0 Å². The van der Waals surface area contributed by atoms with Gasteiger partial charge in [0.1, 0.15) is 5.82 Å². The van der Waals surface area contributed by atoms with Crippen LogP contribution in [0, 0.1) is 5.82 Å². The summed E-state index contributed by atoms with van der Waals surface area (Å²) in [6.45, 7) is 1.65. The molecule has 1 saturated heterocycles. The Morgan fingerprint density at radius 3 is 2.88 bits per heavy atom. The number of nitrogens with one attached hydrogen (secondary N) is 2. The van der Waals surface area contributed by atoms with E-state index in [2.05, 4.69) is 10.6 Å². The molecule has 0 aromatic heterocycles. The third kappa shape index (κ3) is 4.94.